The quantitative estimate of drug-likeness (QED) is 0.336. The minimum Gasteiger partial charge on any atom is -0.390 e. The number of carbonyl (C=O) groups excluding carboxylic acids is 1. The van der Waals surface area contributed by atoms with Gasteiger partial charge in [0.15, 0.2) is 0 Å². The first-order valence-electron chi connectivity index (χ1n) is 14.7. The molecule has 0 aromatic heterocycles. The lowest BCUT2D eigenvalue weighted by Crippen LogP contribution is -2.49. The van der Waals surface area contributed by atoms with Gasteiger partial charge in [-0.25, -0.2) is 0 Å². The molecule has 7 heteroatoms. The van der Waals surface area contributed by atoms with Gasteiger partial charge in [0.1, 0.15) is 0 Å². The fourth-order valence-corrected chi connectivity index (χ4v) is 5.32. The first-order chi connectivity index (χ1) is 19.3. The van der Waals surface area contributed by atoms with Crippen LogP contribution in [0.2, 0.25) is 0 Å². The predicted molar refractivity (Wildman–Crippen MR) is 161 cm³/mol. The maximum atomic E-state index is 13.5. The van der Waals surface area contributed by atoms with Crippen LogP contribution in [0.4, 0.5) is 5.69 Å². The van der Waals surface area contributed by atoms with Crippen molar-refractivity contribution in [1.82, 2.24) is 10.6 Å². The van der Waals surface area contributed by atoms with Crippen LogP contribution in [-0.2, 0) is 21.6 Å². The van der Waals surface area contributed by atoms with Crippen molar-refractivity contribution in [2.75, 3.05) is 38.7 Å². The number of methoxy groups -OCH3 is 1. The van der Waals surface area contributed by atoms with Crippen LogP contribution in [0, 0.1) is 0 Å². The van der Waals surface area contributed by atoms with E-state index < -0.39 is 12.1 Å². The molecule has 2 bridgehead atoms. The summed E-state index contributed by atoms with van der Waals surface area (Å²) in [5, 5.41) is 21.7. The van der Waals surface area contributed by atoms with Gasteiger partial charge in [-0.15, -0.1) is 0 Å². The van der Waals surface area contributed by atoms with E-state index in [9.17, 15) is 9.90 Å². The Hall–Kier alpha value is -2.71. The van der Waals surface area contributed by atoms with Crippen LogP contribution in [0.1, 0.15) is 85.8 Å². The molecule has 4 N–H and O–H groups in total. The Morgan fingerprint density at radius 1 is 1.18 bits per heavy atom. The summed E-state index contributed by atoms with van der Waals surface area (Å²) in [6.07, 6.45) is 5.84. The van der Waals surface area contributed by atoms with Gasteiger partial charge in [-0.3, -0.25) is 4.79 Å². The molecule has 2 aromatic carbocycles. The number of fused-ring (bicyclic) bond motifs is 2. The van der Waals surface area contributed by atoms with E-state index in [1.165, 1.54) is 11.1 Å². The second kappa shape index (κ2) is 14.3. The van der Waals surface area contributed by atoms with Gasteiger partial charge in [-0.2, -0.15) is 0 Å². The van der Waals surface area contributed by atoms with Crippen molar-refractivity contribution in [2.24, 2.45) is 0 Å². The first-order valence-corrected chi connectivity index (χ1v) is 14.7. The number of aliphatic hydroxyl groups excluding tert-OH is 1. The molecule has 0 radical (unpaired) electrons. The summed E-state index contributed by atoms with van der Waals surface area (Å²) in [5.74, 6) is 0.263. The first kappa shape index (κ1) is 30.3. The fraction of sp³-hybridized carbons (Fsp3) is 0.545. The Labute approximate surface area is 239 Å². The van der Waals surface area contributed by atoms with Gasteiger partial charge in [-0.1, -0.05) is 49.8 Å². The molecule has 2 aliphatic rings. The number of hydrogen-bond acceptors (Lipinski definition) is 6. The SMILES string of the molecule is COCc1cc2cc(c1)C(=O)N[C@H]([C@H](O)CNC1(c3cccc(C(C)C)c3)CC1)C/C(C)=C/COCCCCN2. The molecule has 2 aromatic rings. The molecular formula is C33H47N3O4. The van der Waals surface area contributed by atoms with Crippen LogP contribution in [-0.4, -0.2) is 56.6 Å². The van der Waals surface area contributed by atoms with Crippen LogP contribution in [0.25, 0.3) is 0 Å². The zero-order chi connectivity index (χ0) is 28.5. The molecule has 7 nitrogen and oxygen atoms in total. The van der Waals surface area contributed by atoms with Gasteiger partial charge in [0.25, 0.3) is 5.91 Å². The molecule has 1 saturated carbocycles. The minimum absolute atomic E-state index is 0.109. The lowest BCUT2D eigenvalue weighted by atomic mass is 9.96. The number of nitrogens with one attached hydrogen (secondary N) is 3. The topological polar surface area (TPSA) is 91.9 Å². The van der Waals surface area contributed by atoms with Crippen LogP contribution < -0.4 is 16.0 Å². The van der Waals surface area contributed by atoms with Crippen molar-refractivity contribution < 1.29 is 19.4 Å². The van der Waals surface area contributed by atoms with E-state index in [2.05, 4.69) is 60.1 Å². The van der Waals surface area contributed by atoms with Crippen LogP contribution in [0.15, 0.2) is 54.1 Å². The van der Waals surface area contributed by atoms with Gasteiger partial charge in [0.05, 0.1) is 25.4 Å². The lowest BCUT2D eigenvalue weighted by molar-refractivity contribution is 0.0821. The summed E-state index contributed by atoms with van der Waals surface area (Å²) in [6.45, 7) is 9.28. The van der Waals surface area contributed by atoms with Crippen LogP contribution in [0.3, 0.4) is 0 Å². The second-order valence-corrected chi connectivity index (χ2v) is 11.7. The number of rotatable bonds is 8. The third kappa shape index (κ3) is 8.40. The third-order valence-electron chi connectivity index (χ3n) is 7.99. The van der Waals surface area contributed by atoms with Crippen molar-refractivity contribution in [2.45, 2.75) is 83.1 Å². The van der Waals surface area contributed by atoms with E-state index in [0.29, 0.717) is 44.3 Å². The molecule has 4 rings (SSSR count). The second-order valence-electron chi connectivity index (χ2n) is 11.7. The molecule has 2 atom stereocenters. The highest BCUT2D eigenvalue weighted by atomic mass is 16.5. The van der Waals surface area contributed by atoms with Crippen molar-refractivity contribution in [1.29, 1.82) is 0 Å². The van der Waals surface area contributed by atoms with E-state index in [1.807, 2.05) is 25.1 Å². The van der Waals surface area contributed by atoms with Crippen molar-refractivity contribution >= 4 is 11.6 Å². The molecule has 1 aliphatic heterocycles. The molecule has 1 heterocycles. The van der Waals surface area contributed by atoms with Crippen molar-refractivity contribution in [3.05, 3.63) is 76.4 Å². The molecule has 218 valence electrons. The van der Waals surface area contributed by atoms with Crippen LogP contribution in [0.5, 0.6) is 0 Å². The standard InChI is InChI=1S/C33H47N3O4/c1-23(2)26-8-7-9-28(19-26)33(11-12-33)35-21-31(37)30-16-24(3)10-15-40-14-6-5-13-34-29-18-25(22-39-4)17-27(20-29)32(38)36-30/h7-10,17-20,23,30-31,34-35,37H,5-6,11-16,21-22H2,1-4H3,(H,36,38)/b24-10+/t30-,31+/m0/s1. The van der Waals surface area contributed by atoms with E-state index in [4.69, 9.17) is 9.47 Å². The summed E-state index contributed by atoms with van der Waals surface area (Å²) in [7, 11) is 1.65. The van der Waals surface area contributed by atoms with Gasteiger partial charge < -0.3 is 30.5 Å². The number of hydrogen-bond donors (Lipinski definition) is 4. The molecular weight excluding hydrogens is 502 g/mol. The zero-order valence-corrected chi connectivity index (χ0v) is 24.6. The average molecular weight is 550 g/mol. The monoisotopic (exact) mass is 549 g/mol. The Balaban J connectivity index is 1.52. The third-order valence-corrected chi connectivity index (χ3v) is 7.99. The van der Waals surface area contributed by atoms with E-state index >= 15 is 0 Å². The van der Waals surface area contributed by atoms with Crippen molar-refractivity contribution in [3.63, 3.8) is 0 Å². The number of carbonyl (C=O) groups is 1. The fourth-order valence-electron chi connectivity index (χ4n) is 5.32. The number of amides is 1. The molecule has 0 unspecified atom stereocenters. The summed E-state index contributed by atoms with van der Waals surface area (Å²) >= 11 is 0. The Morgan fingerprint density at radius 3 is 2.75 bits per heavy atom. The predicted octanol–water partition coefficient (Wildman–Crippen LogP) is 5.25. The normalized spacial score (nSPS) is 22.1. The largest absolute Gasteiger partial charge is 0.390 e. The Kier molecular flexibility index (Phi) is 10.8. The van der Waals surface area contributed by atoms with Gasteiger partial charge in [0, 0.05) is 43.6 Å². The van der Waals surface area contributed by atoms with E-state index in [0.717, 1.165) is 49.1 Å². The van der Waals surface area contributed by atoms with Crippen LogP contribution >= 0.6 is 0 Å². The minimum atomic E-state index is -0.766. The van der Waals surface area contributed by atoms with Gasteiger partial charge >= 0.3 is 0 Å². The Morgan fingerprint density at radius 2 is 2.00 bits per heavy atom. The van der Waals surface area contributed by atoms with Gasteiger partial charge in [-0.05, 0) is 79.8 Å². The molecule has 0 saturated heterocycles. The highest BCUT2D eigenvalue weighted by Gasteiger charge is 2.44. The summed E-state index contributed by atoms with van der Waals surface area (Å²) in [5.41, 5.74) is 5.95. The van der Waals surface area contributed by atoms with Gasteiger partial charge in [0.2, 0.25) is 0 Å². The smallest absolute Gasteiger partial charge is 0.251 e. The molecule has 0 spiro atoms. The summed E-state index contributed by atoms with van der Waals surface area (Å²) < 4.78 is 11.2. The number of anilines is 1. The Bertz CT molecular complexity index is 1160. The number of ether oxygens (including phenoxy) is 2. The zero-order valence-electron chi connectivity index (χ0n) is 24.6. The highest BCUT2D eigenvalue weighted by Crippen LogP contribution is 2.46. The van der Waals surface area contributed by atoms with Crippen molar-refractivity contribution in [3.8, 4) is 0 Å². The summed E-state index contributed by atoms with van der Waals surface area (Å²) in [6, 6.07) is 14.1. The number of aliphatic hydroxyl groups is 1. The summed E-state index contributed by atoms with van der Waals surface area (Å²) in [4.78, 5) is 13.5. The maximum absolute atomic E-state index is 13.5. The van der Waals surface area contributed by atoms with E-state index in [-0.39, 0.29) is 11.4 Å². The molecule has 40 heavy (non-hydrogen) atoms. The molecule has 1 aliphatic carbocycles. The average Bonchev–Trinajstić information content (AvgIpc) is 3.73. The van der Waals surface area contributed by atoms with E-state index in [1.54, 1.807) is 7.11 Å². The lowest BCUT2D eigenvalue weighted by Gasteiger charge is -2.28. The number of benzene rings is 2. The molecule has 1 amide bonds. The molecule has 1 fully saturated rings. The highest BCUT2D eigenvalue weighted by molar-refractivity contribution is 5.95. The maximum Gasteiger partial charge on any atom is 0.251 e.